The topological polar surface area (TPSA) is 93.5 Å². The Balaban J connectivity index is 2.38. The molecule has 1 aromatic rings. The van der Waals surface area contributed by atoms with Crippen LogP contribution in [0.1, 0.15) is 25.5 Å². The zero-order chi connectivity index (χ0) is 16.5. The summed E-state index contributed by atoms with van der Waals surface area (Å²) < 4.78 is 5.36. The van der Waals surface area contributed by atoms with Gasteiger partial charge in [-0.15, -0.1) is 0 Å². The average Bonchev–Trinajstić information content (AvgIpc) is 2.53. The average molecular weight is 307 g/mol. The lowest BCUT2D eigenvalue weighted by molar-refractivity contribution is -0.127. The van der Waals surface area contributed by atoms with Crippen LogP contribution in [0.4, 0.5) is 0 Å². The molecule has 0 radical (unpaired) electrons. The van der Waals surface area contributed by atoms with Crippen molar-refractivity contribution in [2.24, 2.45) is 11.7 Å². The summed E-state index contributed by atoms with van der Waals surface area (Å²) in [4.78, 5) is 23.4. The van der Waals surface area contributed by atoms with Crippen molar-refractivity contribution in [2.75, 3.05) is 20.2 Å². The van der Waals surface area contributed by atoms with E-state index in [1.54, 1.807) is 7.11 Å². The molecule has 0 fully saturated rings. The molecule has 0 spiro atoms. The molecule has 0 aliphatic carbocycles. The van der Waals surface area contributed by atoms with Crippen LogP contribution in [0.5, 0.6) is 0 Å². The van der Waals surface area contributed by atoms with Crippen molar-refractivity contribution in [1.29, 1.82) is 0 Å². The van der Waals surface area contributed by atoms with Crippen LogP contribution in [-0.2, 0) is 14.3 Å². The lowest BCUT2D eigenvalue weighted by atomic mass is 10.1. The summed E-state index contributed by atoms with van der Waals surface area (Å²) in [5.74, 6) is -0.571. The Labute approximate surface area is 131 Å². The standard InChI is InChI=1S/C16H25N3O3/c1-11(2)15(17)16(21)19-10-14(20)18-9-13(22-3)12-7-5-4-6-8-12/h4-8,11,13,15H,9-10,17H2,1-3H3,(H,18,20)(H,19,21)/t13?,15-/m0/s1. The first-order valence-corrected chi connectivity index (χ1v) is 7.33. The minimum atomic E-state index is -0.608. The number of benzene rings is 1. The van der Waals surface area contributed by atoms with Crippen LogP contribution < -0.4 is 16.4 Å². The summed E-state index contributed by atoms with van der Waals surface area (Å²) in [7, 11) is 1.59. The first kappa shape index (κ1) is 18.1. The summed E-state index contributed by atoms with van der Waals surface area (Å²) in [6.07, 6.45) is -0.223. The Morgan fingerprint density at radius 2 is 1.82 bits per heavy atom. The third-order valence-electron chi connectivity index (χ3n) is 3.38. The van der Waals surface area contributed by atoms with Gasteiger partial charge in [-0.2, -0.15) is 0 Å². The molecule has 6 heteroatoms. The third-order valence-corrected chi connectivity index (χ3v) is 3.38. The van der Waals surface area contributed by atoms with Gasteiger partial charge in [0, 0.05) is 13.7 Å². The Morgan fingerprint density at radius 1 is 1.18 bits per heavy atom. The number of nitrogens with one attached hydrogen (secondary N) is 2. The highest BCUT2D eigenvalue weighted by molar-refractivity contribution is 5.87. The highest BCUT2D eigenvalue weighted by Gasteiger charge is 2.18. The summed E-state index contributed by atoms with van der Waals surface area (Å²) in [5, 5.41) is 5.26. The van der Waals surface area contributed by atoms with Gasteiger partial charge in [0.05, 0.1) is 18.7 Å². The zero-order valence-corrected chi connectivity index (χ0v) is 13.3. The van der Waals surface area contributed by atoms with Crippen molar-refractivity contribution in [1.82, 2.24) is 10.6 Å². The molecule has 1 rings (SSSR count). The van der Waals surface area contributed by atoms with Crippen LogP contribution in [0.2, 0.25) is 0 Å². The van der Waals surface area contributed by atoms with Gasteiger partial charge in [0.15, 0.2) is 0 Å². The molecule has 4 N–H and O–H groups in total. The monoisotopic (exact) mass is 307 g/mol. The van der Waals surface area contributed by atoms with Gasteiger partial charge in [-0.3, -0.25) is 9.59 Å². The molecular formula is C16H25N3O3. The number of rotatable bonds is 8. The SMILES string of the molecule is COC(CNC(=O)CNC(=O)[C@@H](N)C(C)C)c1ccccc1. The van der Waals surface area contributed by atoms with E-state index in [4.69, 9.17) is 10.5 Å². The van der Waals surface area contributed by atoms with Gasteiger partial charge in [-0.25, -0.2) is 0 Å². The van der Waals surface area contributed by atoms with E-state index in [1.807, 2.05) is 44.2 Å². The summed E-state index contributed by atoms with van der Waals surface area (Å²) in [6, 6.07) is 9.01. The fourth-order valence-electron chi connectivity index (χ4n) is 1.86. The Bertz CT molecular complexity index is 477. The van der Waals surface area contributed by atoms with E-state index in [2.05, 4.69) is 10.6 Å². The van der Waals surface area contributed by atoms with Gasteiger partial charge in [0.2, 0.25) is 11.8 Å². The Morgan fingerprint density at radius 3 is 2.36 bits per heavy atom. The van der Waals surface area contributed by atoms with Crippen LogP contribution >= 0.6 is 0 Å². The smallest absolute Gasteiger partial charge is 0.239 e. The second-order valence-electron chi connectivity index (χ2n) is 5.43. The molecule has 2 amide bonds. The maximum absolute atomic E-state index is 11.8. The molecule has 122 valence electrons. The van der Waals surface area contributed by atoms with E-state index < -0.39 is 6.04 Å². The van der Waals surface area contributed by atoms with E-state index in [0.29, 0.717) is 6.54 Å². The normalized spacial score (nSPS) is 13.5. The van der Waals surface area contributed by atoms with Crippen LogP contribution in [0, 0.1) is 5.92 Å². The maximum atomic E-state index is 11.8. The molecule has 1 unspecified atom stereocenters. The van der Waals surface area contributed by atoms with Crippen molar-refractivity contribution < 1.29 is 14.3 Å². The van der Waals surface area contributed by atoms with E-state index >= 15 is 0 Å². The van der Waals surface area contributed by atoms with Gasteiger partial charge >= 0.3 is 0 Å². The quantitative estimate of drug-likeness (QED) is 0.655. The first-order valence-electron chi connectivity index (χ1n) is 7.33. The van der Waals surface area contributed by atoms with Crippen LogP contribution in [-0.4, -0.2) is 38.1 Å². The van der Waals surface area contributed by atoms with E-state index in [0.717, 1.165) is 5.56 Å². The first-order chi connectivity index (χ1) is 10.5. The zero-order valence-electron chi connectivity index (χ0n) is 13.3. The third kappa shape index (κ3) is 5.83. The highest BCUT2D eigenvalue weighted by atomic mass is 16.5. The second-order valence-corrected chi connectivity index (χ2v) is 5.43. The van der Waals surface area contributed by atoms with Crippen molar-refractivity contribution in [3.05, 3.63) is 35.9 Å². The number of nitrogens with two attached hydrogens (primary N) is 1. The number of hydrogen-bond acceptors (Lipinski definition) is 4. The molecular weight excluding hydrogens is 282 g/mol. The van der Waals surface area contributed by atoms with Gasteiger partial charge in [0.25, 0.3) is 0 Å². The van der Waals surface area contributed by atoms with E-state index in [9.17, 15) is 9.59 Å². The minimum absolute atomic E-state index is 0.0269. The number of ether oxygens (including phenoxy) is 1. The summed E-state index contributed by atoms with van der Waals surface area (Å²) >= 11 is 0. The fraction of sp³-hybridized carbons (Fsp3) is 0.500. The minimum Gasteiger partial charge on any atom is -0.375 e. The van der Waals surface area contributed by atoms with Crippen LogP contribution in [0.3, 0.4) is 0 Å². The molecule has 0 heterocycles. The largest absolute Gasteiger partial charge is 0.375 e. The van der Waals surface area contributed by atoms with Crippen LogP contribution in [0.25, 0.3) is 0 Å². The fourth-order valence-corrected chi connectivity index (χ4v) is 1.86. The van der Waals surface area contributed by atoms with E-state index in [1.165, 1.54) is 0 Å². The Hall–Kier alpha value is -1.92. The molecule has 22 heavy (non-hydrogen) atoms. The van der Waals surface area contributed by atoms with Gasteiger partial charge in [-0.05, 0) is 11.5 Å². The highest BCUT2D eigenvalue weighted by Crippen LogP contribution is 2.14. The number of methoxy groups -OCH3 is 1. The molecule has 0 aromatic heterocycles. The maximum Gasteiger partial charge on any atom is 0.239 e. The van der Waals surface area contributed by atoms with Crippen molar-refractivity contribution in [3.63, 3.8) is 0 Å². The molecule has 0 bridgehead atoms. The predicted molar refractivity (Wildman–Crippen MR) is 85.0 cm³/mol. The molecule has 0 aliphatic heterocycles. The molecule has 0 aliphatic rings. The predicted octanol–water partition coefficient (Wildman–Crippen LogP) is 0.590. The lowest BCUT2D eigenvalue weighted by Gasteiger charge is -2.17. The Kier molecular flexibility index (Phi) is 7.56. The molecule has 6 nitrogen and oxygen atoms in total. The van der Waals surface area contributed by atoms with Gasteiger partial charge in [-0.1, -0.05) is 44.2 Å². The van der Waals surface area contributed by atoms with Crippen molar-refractivity contribution in [2.45, 2.75) is 26.0 Å². The number of amides is 2. The van der Waals surface area contributed by atoms with Crippen molar-refractivity contribution in [3.8, 4) is 0 Å². The van der Waals surface area contributed by atoms with Gasteiger partial charge < -0.3 is 21.1 Å². The number of carbonyl (C=O) groups is 2. The lowest BCUT2D eigenvalue weighted by Crippen LogP contribution is -2.47. The van der Waals surface area contributed by atoms with E-state index in [-0.39, 0.29) is 30.4 Å². The summed E-state index contributed by atoms with van der Waals surface area (Å²) in [6.45, 7) is 3.96. The molecule has 0 saturated carbocycles. The van der Waals surface area contributed by atoms with Crippen LogP contribution in [0.15, 0.2) is 30.3 Å². The van der Waals surface area contributed by atoms with Crippen molar-refractivity contribution >= 4 is 11.8 Å². The number of carbonyl (C=O) groups excluding carboxylic acids is 2. The summed E-state index contributed by atoms with van der Waals surface area (Å²) in [5.41, 5.74) is 6.68. The number of hydrogen-bond donors (Lipinski definition) is 3. The molecule has 2 atom stereocenters. The van der Waals surface area contributed by atoms with Gasteiger partial charge in [0.1, 0.15) is 0 Å². The second kappa shape index (κ2) is 9.17. The molecule has 1 aromatic carbocycles. The molecule has 0 saturated heterocycles.